The molecule has 2 aromatic carbocycles. The number of nitrogens with zero attached hydrogens (tertiary/aromatic N) is 1. The second-order valence-electron chi connectivity index (χ2n) is 9.68. The average Bonchev–Trinajstić information content (AvgIpc) is 2.96. The Morgan fingerprint density at radius 1 is 0.929 bits per heavy atom. The maximum Gasteiger partial charge on any atom is 0.416 e. The number of aromatic nitrogens is 1. The van der Waals surface area contributed by atoms with Crippen molar-refractivity contribution in [2.24, 2.45) is 5.92 Å². The highest BCUT2D eigenvalue weighted by Crippen LogP contribution is 2.25. The summed E-state index contributed by atoms with van der Waals surface area (Å²) in [6, 6.07) is 18.4. The summed E-state index contributed by atoms with van der Waals surface area (Å²) in [5.41, 5.74) is 0.479. The van der Waals surface area contributed by atoms with Gasteiger partial charge in [-0.15, -0.1) is 0 Å². The van der Waals surface area contributed by atoms with Crippen molar-refractivity contribution in [1.82, 2.24) is 15.2 Å². The first-order valence-corrected chi connectivity index (χ1v) is 12.9. The first-order valence-electron chi connectivity index (χ1n) is 12.9. The van der Waals surface area contributed by atoms with Gasteiger partial charge in [0.25, 0.3) is 5.56 Å². The van der Waals surface area contributed by atoms with Crippen molar-refractivity contribution in [3.05, 3.63) is 88.7 Å². The van der Waals surface area contributed by atoms with Crippen LogP contribution in [0.25, 0.3) is 11.3 Å². The van der Waals surface area contributed by atoms with Gasteiger partial charge in [-0.25, -0.2) is 4.79 Å². The van der Waals surface area contributed by atoms with Crippen LogP contribution in [0.3, 0.4) is 0 Å². The minimum atomic E-state index is -4.97. The summed E-state index contributed by atoms with van der Waals surface area (Å²) in [6.07, 6.45) is -8.65. The fourth-order valence-electron chi connectivity index (χ4n) is 4.00. The molecule has 3 amide bonds. The van der Waals surface area contributed by atoms with E-state index in [1.165, 1.54) is 26.0 Å². The van der Waals surface area contributed by atoms with Crippen molar-refractivity contribution in [1.29, 1.82) is 0 Å². The lowest BCUT2D eigenvalue weighted by molar-refractivity contribution is -0.215. The van der Waals surface area contributed by atoms with E-state index in [0.29, 0.717) is 5.56 Å². The summed E-state index contributed by atoms with van der Waals surface area (Å²) in [6.45, 7) is 1.57. The molecule has 1 heterocycles. The quantitative estimate of drug-likeness (QED) is 0.271. The highest BCUT2D eigenvalue weighted by Gasteiger charge is 2.45. The molecule has 0 saturated heterocycles. The molecule has 3 aromatic rings. The summed E-state index contributed by atoms with van der Waals surface area (Å²) < 4.78 is 45.5. The summed E-state index contributed by atoms with van der Waals surface area (Å²) in [5.74, 6) is -2.50. The minimum Gasteiger partial charge on any atom is -0.445 e. The van der Waals surface area contributed by atoms with E-state index >= 15 is 0 Å². The molecule has 224 valence electrons. The third-order valence-corrected chi connectivity index (χ3v) is 6.15. The maximum absolute atomic E-state index is 13.4. The predicted molar refractivity (Wildman–Crippen MR) is 148 cm³/mol. The number of halogens is 3. The number of aliphatic hydroxyl groups excluding tert-OH is 1. The Hall–Kier alpha value is -4.65. The van der Waals surface area contributed by atoms with Gasteiger partial charge in [0.1, 0.15) is 25.4 Å². The molecule has 0 radical (unpaired) electrons. The number of alkyl halides is 3. The normalized spacial score (nSPS) is 12.7. The van der Waals surface area contributed by atoms with Crippen LogP contribution in [0.4, 0.5) is 23.7 Å². The zero-order valence-electron chi connectivity index (χ0n) is 22.9. The summed E-state index contributed by atoms with van der Waals surface area (Å²) in [5, 5.41) is 16.6. The zero-order chi connectivity index (χ0) is 30.9. The van der Waals surface area contributed by atoms with Crippen LogP contribution < -0.4 is 21.5 Å². The molecule has 42 heavy (non-hydrogen) atoms. The van der Waals surface area contributed by atoms with Gasteiger partial charge in [0, 0.05) is 0 Å². The number of rotatable bonds is 11. The van der Waals surface area contributed by atoms with E-state index in [1.54, 1.807) is 60.7 Å². The Morgan fingerprint density at radius 2 is 1.55 bits per heavy atom. The van der Waals surface area contributed by atoms with Crippen LogP contribution in [0.1, 0.15) is 19.4 Å². The second-order valence-corrected chi connectivity index (χ2v) is 9.68. The van der Waals surface area contributed by atoms with Gasteiger partial charge in [-0.05, 0) is 29.2 Å². The molecule has 0 aliphatic heterocycles. The van der Waals surface area contributed by atoms with Crippen LogP contribution in [0.2, 0.25) is 0 Å². The number of carbonyl (C=O) groups excluding carboxylic acids is 3. The number of anilines is 1. The van der Waals surface area contributed by atoms with Crippen molar-refractivity contribution < 1.29 is 37.4 Å². The molecule has 10 nitrogen and oxygen atoms in total. The number of carbonyl (C=O) groups is 3. The van der Waals surface area contributed by atoms with Crippen molar-refractivity contribution in [3.63, 3.8) is 0 Å². The molecule has 4 N–H and O–H groups in total. The molecule has 0 aliphatic rings. The van der Waals surface area contributed by atoms with Crippen LogP contribution in [0.15, 0.2) is 77.6 Å². The molecule has 2 atom stereocenters. The summed E-state index contributed by atoms with van der Waals surface area (Å²) in [4.78, 5) is 50.7. The van der Waals surface area contributed by atoms with E-state index in [4.69, 9.17) is 4.74 Å². The average molecular weight is 589 g/mol. The Morgan fingerprint density at radius 3 is 2.14 bits per heavy atom. The molecular formula is C29H31F3N4O6. The van der Waals surface area contributed by atoms with Gasteiger partial charge in [0.2, 0.25) is 11.8 Å². The van der Waals surface area contributed by atoms with Gasteiger partial charge in [0.05, 0.1) is 11.7 Å². The molecule has 0 spiro atoms. The Bertz CT molecular complexity index is 1430. The number of amides is 3. The van der Waals surface area contributed by atoms with Crippen LogP contribution >= 0.6 is 0 Å². The lowest BCUT2D eigenvalue weighted by Gasteiger charge is -2.29. The summed E-state index contributed by atoms with van der Waals surface area (Å²) in [7, 11) is 0. The molecule has 1 aromatic heterocycles. The largest absolute Gasteiger partial charge is 0.445 e. The van der Waals surface area contributed by atoms with E-state index in [0.717, 1.165) is 10.1 Å². The topological polar surface area (TPSA) is 139 Å². The van der Waals surface area contributed by atoms with E-state index in [2.05, 4.69) is 16.0 Å². The minimum absolute atomic E-state index is 0.0142. The van der Waals surface area contributed by atoms with Crippen molar-refractivity contribution in [2.45, 2.75) is 45.3 Å². The zero-order valence-corrected chi connectivity index (χ0v) is 22.9. The highest BCUT2D eigenvalue weighted by molar-refractivity contribution is 5.93. The third-order valence-electron chi connectivity index (χ3n) is 6.15. The van der Waals surface area contributed by atoms with Crippen LogP contribution in [0, 0.1) is 5.92 Å². The fourth-order valence-corrected chi connectivity index (χ4v) is 4.00. The molecule has 0 fully saturated rings. The van der Waals surface area contributed by atoms with Gasteiger partial charge < -0.3 is 25.8 Å². The van der Waals surface area contributed by atoms with Crippen molar-refractivity contribution >= 4 is 23.6 Å². The SMILES string of the molecule is CC(C)C(NC(=O)Cn1c(-c2ccccc2)ccc(NC(=O)CNC(=O)OCc2ccccc2)c1=O)C(O)C(F)(F)F. The van der Waals surface area contributed by atoms with Crippen molar-refractivity contribution in [3.8, 4) is 11.3 Å². The van der Waals surface area contributed by atoms with Gasteiger partial charge in [0.15, 0.2) is 6.10 Å². The fraction of sp³-hybridized carbons (Fsp3) is 0.310. The Labute approximate surface area is 239 Å². The lowest BCUT2D eigenvalue weighted by atomic mass is 9.98. The first kappa shape index (κ1) is 31.9. The van der Waals surface area contributed by atoms with Crippen LogP contribution in [0.5, 0.6) is 0 Å². The van der Waals surface area contributed by atoms with Gasteiger partial charge in [-0.1, -0.05) is 74.5 Å². The summed E-state index contributed by atoms with van der Waals surface area (Å²) >= 11 is 0. The number of pyridine rings is 1. The Balaban J connectivity index is 1.75. The smallest absolute Gasteiger partial charge is 0.416 e. The monoisotopic (exact) mass is 588 g/mol. The van der Waals surface area contributed by atoms with E-state index in [-0.39, 0.29) is 18.0 Å². The maximum atomic E-state index is 13.4. The highest BCUT2D eigenvalue weighted by atomic mass is 19.4. The third kappa shape index (κ3) is 8.93. The molecule has 13 heteroatoms. The number of ether oxygens (including phenoxy) is 1. The molecule has 0 bridgehead atoms. The number of alkyl carbamates (subject to hydrolysis) is 1. The number of benzene rings is 2. The number of nitrogens with one attached hydrogen (secondary N) is 3. The first-order chi connectivity index (χ1) is 19.9. The lowest BCUT2D eigenvalue weighted by Crippen LogP contribution is -2.53. The number of hydrogen-bond donors (Lipinski definition) is 4. The van der Waals surface area contributed by atoms with Gasteiger partial charge in [-0.2, -0.15) is 13.2 Å². The van der Waals surface area contributed by atoms with Crippen LogP contribution in [-0.4, -0.2) is 52.4 Å². The molecule has 3 rings (SSSR count). The predicted octanol–water partition coefficient (Wildman–Crippen LogP) is 3.44. The molecule has 0 aliphatic carbocycles. The van der Waals surface area contributed by atoms with E-state index < -0.39 is 60.8 Å². The number of hydrogen-bond acceptors (Lipinski definition) is 6. The second kappa shape index (κ2) is 14.3. The molecule has 2 unspecified atom stereocenters. The van der Waals surface area contributed by atoms with E-state index in [9.17, 15) is 37.5 Å². The van der Waals surface area contributed by atoms with Crippen molar-refractivity contribution in [2.75, 3.05) is 11.9 Å². The Kier molecular flexibility index (Phi) is 10.9. The van der Waals surface area contributed by atoms with Crippen LogP contribution in [-0.2, 0) is 27.5 Å². The standard InChI is InChI=1S/C29H31F3N4O6/c1-18(2)25(26(39)29(30,31)32)35-24(38)16-36-22(20-11-7-4-8-12-20)14-13-21(27(36)40)34-23(37)15-33-28(41)42-17-19-9-5-3-6-10-19/h3-14,18,25-26,39H,15-17H2,1-2H3,(H,33,41)(H,34,37)(H,35,38). The molecular weight excluding hydrogens is 557 g/mol. The molecule has 0 saturated carbocycles. The van der Waals surface area contributed by atoms with E-state index in [1.807, 2.05) is 0 Å². The van der Waals surface area contributed by atoms with Gasteiger partial charge >= 0.3 is 12.3 Å². The number of aliphatic hydroxyl groups is 1. The van der Waals surface area contributed by atoms with Gasteiger partial charge in [-0.3, -0.25) is 19.0 Å².